The van der Waals surface area contributed by atoms with E-state index in [4.69, 9.17) is 5.73 Å². The van der Waals surface area contributed by atoms with E-state index in [2.05, 4.69) is 20.9 Å². The Bertz CT molecular complexity index is 1110. The lowest BCUT2D eigenvalue weighted by molar-refractivity contribution is -0.145. The highest BCUT2D eigenvalue weighted by Crippen LogP contribution is 2.19. The number of para-hydroxylation sites is 1. The first-order chi connectivity index (χ1) is 17.8. The van der Waals surface area contributed by atoms with E-state index >= 15 is 0 Å². The maximum Gasteiger partial charge on any atom is 0.328 e. The number of rotatable bonds is 14. The third kappa shape index (κ3) is 8.84. The van der Waals surface area contributed by atoms with Gasteiger partial charge in [0.1, 0.15) is 12.1 Å². The first-order valence-corrected chi connectivity index (χ1v) is 12.9. The Morgan fingerprint density at radius 1 is 0.868 bits per heavy atom. The van der Waals surface area contributed by atoms with Crippen molar-refractivity contribution in [1.29, 1.82) is 0 Å². The molecule has 0 saturated carbocycles. The molecular formula is C27H41N5O6. The number of nitrogens with one attached hydrogen (secondary N) is 4. The number of benzene rings is 1. The Morgan fingerprint density at radius 2 is 1.45 bits per heavy atom. The number of carboxylic acid groups (broad SMARTS) is 1. The van der Waals surface area contributed by atoms with E-state index in [-0.39, 0.29) is 24.7 Å². The minimum absolute atomic E-state index is 0.0259. The number of nitrogens with two attached hydrogens (primary N) is 1. The molecule has 1 aromatic heterocycles. The van der Waals surface area contributed by atoms with Gasteiger partial charge < -0.3 is 36.9 Å². The number of hydrogen-bond donors (Lipinski definition) is 7. The second-order valence-electron chi connectivity index (χ2n) is 10.6. The van der Waals surface area contributed by atoms with Gasteiger partial charge in [-0.15, -0.1) is 0 Å². The normalized spacial score (nSPS) is 15.5. The number of H-pyrrole nitrogens is 1. The van der Waals surface area contributed by atoms with Crippen molar-refractivity contribution in [2.45, 2.75) is 84.2 Å². The highest BCUT2D eigenvalue weighted by Gasteiger charge is 2.32. The highest BCUT2D eigenvalue weighted by molar-refractivity contribution is 5.95. The molecule has 1 heterocycles. The summed E-state index contributed by atoms with van der Waals surface area (Å²) in [6.07, 6.45) is 1.20. The summed E-state index contributed by atoms with van der Waals surface area (Å²) < 4.78 is 0. The maximum atomic E-state index is 13.5. The summed E-state index contributed by atoms with van der Waals surface area (Å²) >= 11 is 0. The van der Waals surface area contributed by atoms with Gasteiger partial charge in [0, 0.05) is 23.5 Å². The van der Waals surface area contributed by atoms with Crippen LogP contribution in [0.1, 0.15) is 53.0 Å². The Hall–Kier alpha value is -3.44. The lowest BCUT2D eigenvalue weighted by atomic mass is 9.99. The number of amides is 3. The van der Waals surface area contributed by atoms with Crippen molar-refractivity contribution >= 4 is 34.6 Å². The van der Waals surface area contributed by atoms with Crippen molar-refractivity contribution in [3.05, 3.63) is 36.0 Å². The Balaban J connectivity index is 2.31. The summed E-state index contributed by atoms with van der Waals surface area (Å²) in [5.41, 5.74) is 7.73. The minimum Gasteiger partial charge on any atom is -0.480 e. The van der Waals surface area contributed by atoms with Gasteiger partial charge in [0.2, 0.25) is 17.7 Å². The molecule has 5 atom stereocenters. The number of carbonyl (C=O) groups excluding carboxylic acids is 3. The van der Waals surface area contributed by atoms with Crippen LogP contribution in [-0.2, 0) is 25.6 Å². The summed E-state index contributed by atoms with van der Waals surface area (Å²) in [5.74, 6) is -3.08. The van der Waals surface area contributed by atoms with E-state index in [0.717, 1.165) is 16.5 Å². The molecule has 2 aromatic rings. The van der Waals surface area contributed by atoms with Crippen LogP contribution in [0.15, 0.2) is 30.5 Å². The first-order valence-electron chi connectivity index (χ1n) is 12.9. The van der Waals surface area contributed by atoms with Crippen LogP contribution in [-0.4, -0.2) is 69.2 Å². The quantitative estimate of drug-likeness (QED) is 0.190. The van der Waals surface area contributed by atoms with Gasteiger partial charge in [0.05, 0.1) is 12.1 Å². The van der Waals surface area contributed by atoms with Gasteiger partial charge in [-0.2, -0.15) is 0 Å². The standard InChI is InChI=1S/C27H41N5O6/c1-14(2)10-19(28)24(34)30-22(12-17-13-29-20-9-7-6-8-18(17)20)25(35)31-21(11-15(3)4)26(36)32-23(16(5)33)27(37)38/h6-9,13-16,19,21-23,29,33H,10-12,28H2,1-5H3,(H,30,34)(H,31,35)(H,32,36)(H,37,38). The zero-order valence-electron chi connectivity index (χ0n) is 22.7. The number of aromatic nitrogens is 1. The molecule has 11 nitrogen and oxygen atoms in total. The van der Waals surface area contributed by atoms with Gasteiger partial charge in [-0.3, -0.25) is 14.4 Å². The molecule has 0 radical (unpaired) electrons. The topological polar surface area (TPSA) is 187 Å². The van der Waals surface area contributed by atoms with Crippen molar-refractivity contribution in [3.63, 3.8) is 0 Å². The molecule has 1 aromatic carbocycles. The molecule has 3 amide bonds. The van der Waals surface area contributed by atoms with E-state index < -0.39 is 54.0 Å². The molecule has 11 heteroatoms. The second kappa shape index (κ2) is 13.9. The van der Waals surface area contributed by atoms with Gasteiger partial charge in [-0.25, -0.2) is 4.79 Å². The number of aliphatic carboxylic acids is 1. The number of aliphatic hydroxyl groups excluding tert-OH is 1. The van der Waals surface area contributed by atoms with Gasteiger partial charge in [0.25, 0.3) is 0 Å². The Morgan fingerprint density at radius 3 is 2.03 bits per heavy atom. The lowest BCUT2D eigenvalue weighted by Crippen LogP contribution is -2.59. The van der Waals surface area contributed by atoms with E-state index in [1.165, 1.54) is 6.92 Å². The number of aromatic amines is 1. The van der Waals surface area contributed by atoms with E-state index in [9.17, 15) is 29.4 Å². The molecule has 0 fully saturated rings. The average Bonchev–Trinajstić information content (AvgIpc) is 3.23. The third-order valence-corrected chi connectivity index (χ3v) is 6.18. The highest BCUT2D eigenvalue weighted by atomic mass is 16.4. The van der Waals surface area contributed by atoms with Gasteiger partial charge in [-0.05, 0) is 43.2 Å². The van der Waals surface area contributed by atoms with Crippen molar-refractivity contribution in [2.75, 3.05) is 0 Å². The van der Waals surface area contributed by atoms with Crippen LogP contribution in [0.3, 0.4) is 0 Å². The Labute approximate surface area is 222 Å². The summed E-state index contributed by atoms with van der Waals surface area (Å²) in [5, 5.41) is 27.7. The smallest absolute Gasteiger partial charge is 0.328 e. The molecule has 210 valence electrons. The van der Waals surface area contributed by atoms with E-state index in [0.29, 0.717) is 6.42 Å². The van der Waals surface area contributed by atoms with Gasteiger partial charge in [-0.1, -0.05) is 45.9 Å². The Kier molecular flexibility index (Phi) is 11.3. The molecule has 0 aliphatic rings. The maximum absolute atomic E-state index is 13.5. The summed E-state index contributed by atoms with van der Waals surface area (Å²) in [6, 6.07) is 3.07. The fraction of sp³-hybridized carbons (Fsp3) is 0.556. The SMILES string of the molecule is CC(C)CC(N)C(=O)NC(Cc1c[nH]c2ccccc12)C(=O)NC(CC(C)C)C(=O)NC(C(=O)O)C(C)O. The predicted molar refractivity (Wildman–Crippen MR) is 144 cm³/mol. The monoisotopic (exact) mass is 531 g/mol. The number of carbonyl (C=O) groups is 4. The van der Waals surface area contributed by atoms with Crippen molar-refractivity contribution in [2.24, 2.45) is 17.6 Å². The molecular weight excluding hydrogens is 490 g/mol. The minimum atomic E-state index is -1.54. The van der Waals surface area contributed by atoms with Gasteiger partial charge >= 0.3 is 5.97 Å². The number of aliphatic hydroxyl groups is 1. The summed E-state index contributed by atoms with van der Waals surface area (Å²) in [6.45, 7) is 8.84. The van der Waals surface area contributed by atoms with Crippen LogP contribution in [0.4, 0.5) is 0 Å². The molecule has 5 unspecified atom stereocenters. The summed E-state index contributed by atoms with van der Waals surface area (Å²) in [4.78, 5) is 54.0. The van der Waals surface area contributed by atoms with Crippen LogP contribution in [0.25, 0.3) is 10.9 Å². The first kappa shape index (κ1) is 30.8. The zero-order valence-corrected chi connectivity index (χ0v) is 22.7. The van der Waals surface area contributed by atoms with Crippen molar-refractivity contribution in [1.82, 2.24) is 20.9 Å². The lowest BCUT2D eigenvalue weighted by Gasteiger charge is -2.26. The van der Waals surface area contributed by atoms with Crippen molar-refractivity contribution < 1.29 is 29.4 Å². The number of carboxylic acids is 1. The second-order valence-corrected chi connectivity index (χ2v) is 10.6. The third-order valence-electron chi connectivity index (χ3n) is 6.18. The zero-order chi connectivity index (χ0) is 28.6. The largest absolute Gasteiger partial charge is 0.480 e. The fourth-order valence-electron chi connectivity index (χ4n) is 4.24. The average molecular weight is 532 g/mol. The van der Waals surface area contributed by atoms with Crippen LogP contribution >= 0.6 is 0 Å². The van der Waals surface area contributed by atoms with Crippen LogP contribution < -0.4 is 21.7 Å². The van der Waals surface area contributed by atoms with Crippen molar-refractivity contribution in [3.8, 4) is 0 Å². The molecule has 0 bridgehead atoms. The molecule has 38 heavy (non-hydrogen) atoms. The van der Waals surface area contributed by atoms with Crippen LogP contribution in [0.5, 0.6) is 0 Å². The molecule has 8 N–H and O–H groups in total. The summed E-state index contributed by atoms with van der Waals surface area (Å²) in [7, 11) is 0. The van der Waals surface area contributed by atoms with Gasteiger partial charge in [0.15, 0.2) is 6.04 Å². The van der Waals surface area contributed by atoms with E-state index in [1.54, 1.807) is 6.20 Å². The molecule has 0 aliphatic carbocycles. The van der Waals surface area contributed by atoms with E-state index in [1.807, 2.05) is 52.0 Å². The molecule has 0 saturated heterocycles. The molecule has 0 spiro atoms. The van der Waals surface area contributed by atoms with Crippen LogP contribution in [0, 0.1) is 11.8 Å². The number of hydrogen-bond acceptors (Lipinski definition) is 6. The number of fused-ring (bicyclic) bond motifs is 1. The molecule has 0 aliphatic heterocycles. The molecule has 2 rings (SSSR count). The van der Waals surface area contributed by atoms with Crippen LogP contribution in [0.2, 0.25) is 0 Å². The fourth-order valence-corrected chi connectivity index (χ4v) is 4.24. The predicted octanol–water partition coefficient (Wildman–Crippen LogP) is 1.05.